The molecular formula is C16H22BrF2N. The van der Waals surface area contributed by atoms with Crippen LogP contribution in [-0.4, -0.2) is 13.1 Å². The molecular weight excluding hydrogens is 324 g/mol. The van der Waals surface area contributed by atoms with Crippen molar-refractivity contribution in [3.8, 4) is 0 Å². The van der Waals surface area contributed by atoms with Crippen LogP contribution in [0.15, 0.2) is 12.1 Å². The average Bonchev–Trinajstić information content (AvgIpc) is 2.37. The zero-order valence-electron chi connectivity index (χ0n) is 12.3. The van der Waals surface area contributed by atoms with E-state index in [0.29, 0.717) is 16.3 Å². The van der Waals surface area contributed by atoms with Crippen LogP contribution in [0, 0.1) is 17.0 Å². The SMILES string of the molecule is CN(c1c(F)cc(CBr)cc1F)C1CCC(C)(C)CC1. The lowest BCUT2D eigenvalue weighted by molar-refractivity contribution is 0.222. The van der Waals surface area contributed by atoms with Crippen LogP contribution in [-0.2, 0) is 5.33 Å². The maximum Gasteiger partial charge on any atom is 0.149 e. The number of halogens is 3. The Kier molecular flexibility index (Phi) is 4.73. The topological polar surface area (TPSA) is 3.24 Å². The fraction of sp³-hybridized carbons (Fsp3) is 0.625. The van der Waals surface area contributed by atoms with Crippen LogP contribution in [0.5, 0.6) is 0 Å². The van der Waals surface area contributed by atoms with Gasteiger partial charge in [-0.1, -0.05) is 29.8 Å². The van der Waals surface area contributed by atoms with E-state index in [9.17, 15) is 8.78 Å². The minimum atomic E-state index is -0.466. The molecule has 0 unspecified atom stereocenters. The Morgan fingerprint density at radius 3 is 2.15 bits per heavy atom. The van der Waals surface area contributed by atoms with Gasteiger partial charge < -0.3 is 4.90 Å². The lowest BCUT2D eigenvalue weighted by Crippen LogP contribution is -2.38. The third-order valence-corrected chi connectivity index (χ3v) is 5.09. The summed E-state index contributed by atoms with van der Waals surface area (Å²) in [4.78, 5) is 1.79. The Morgan fingerprint density at radius 2 is 1.70 bits per heavy atom. The molecule has 1 fully saturated rings. The summed E-state index contributed by atoms with van der Waals surface area (Å²) in [5, 5.41) is 0.461. The van der Waals surface area contributed by atoms with Crippen LogP contribution in [0.3, 0.4) is 0 Å². The van der Waals surface area contributed by atoms with Gasteiger partial charge in [0.25, 0.3) is 0 Å². The van der Waals surface area contributed by atoms with Crippen LogP contribution in [0.1, 0.15) is 45.1 Å². The Labute approximate surface area is 128 Å². The minimum Gasteiger partial charge on any atom is -0.367 e. The van der Waals surface area contributed by atoms with Gasteiger partial charge >= 0.3 is 0 Å². The largest absolute Gasteiger partial charge is 0.367 e. The third kappa shape index (κ3) is 3.33. The van der Waals surface area contributed by atoms with Gasteiger partial charge in [0.15, 0.2) is 0 Å². The van der Waals surface area contributed by atoms with Crippen molar-refractivity contribution in [1.29, 1.82) is 0 Å². The molecule has 1 aromatic carbocycles. The monoisotopic (exact) mass is 345 g/mol. The Bertz CT molecular complexity index is 454. The highest BCUT2D eigenvalue weighted by Crippen LogP contribution is 2.38. The third-order valence-electron chi connectivity index (χ3n) is 4.44. The highest BCUT2D eigenvalue weighted by molar-refractivity contribution is 9.08. The average molecular weight is 346 g/mol. The summed E-state index contributed by atoms with van der Waals surface area (Å²) < 4.78 is 28.3. The smallest absolute Gasteiger partial charge is 0.149 e. The summed E-state index contributed by atoms with van der Waals surface area (Å²) in [6, 6.07) is 3.05. The van der Waals surface area contributed by atoms with Crippen molar-refractivity contribution in [3.05, 3.63) is 29.3 Å². The van der Waals surface area contributed by atoms with Crippen molar-refractivity contribution in [3.63, 3.8) is 0 Å². The van der Waals surface area contributed by atoms with E-state index in [4.69, 9.17) is 0 Å². The molecule has 0 atom stereocenters. The Balaban J connectivity index is 2.19. The van der Waals surface area contributed by atoms with E-state index in [-0.39, 0.29) is 11.7 Å². The molecule has 1 saturated carbocycles. The Hall–Kier alpha value is -0.640. The normalized spacial score (nSPS) is 19.1. The molecule has 0 radical (unpaired) electrons. The lowest BCUT2D eigenvalue weighted by Gasteiger charge is -2.39. The number of nitrogens with zero attached hydrogens (tertiary/aromatic N) is 1. The van der Waals surface area contributed by atoms with Crippen LogP contribution in [0.2, 0.25) is 0 Å². The van der Waals surface area contributed by atoms with Gasteiger partial charge in [-0.2, -0.15) is 0 Å². The molecule has 20 heavy (non-hydrogen) atoms. The first-order chi connectivity index (χ1) is 9.34. The van der Waals surface area contributed by atoms with Crippen molar-refractivity contribution >= 4 is 21.6 Å². The fourth-order valence-electron chi connectivity index (χ4n) is 2.99. The molecule has 1 aliphatic carbocycles. The van der Waals surface area contributed by atoms with E-state index in [0.717, 1.165) is 25.7 Å². The molecule has 112 valence electrons. The van der Waals surface area contributed by atoms with E-state index in [1.807, 2.05) is 0 Å². The summed E-state index contributed by atoms with van der Waals surface area (Å²) in [5.41, 5.74) is 1.09. The standard InChI is InChI=1S/C16H22BrF2N/c1-16(2)6-4-12(5-7-16)20(3)15-13(18)8-11(10-17)9-14(15)19/h8-9,12H,4-7,10H2,1-3H3. The summed E-state index contributed by atoms with van der Waals surface area (Å²) in [6.45, 7) is 4.52. The Morgan fingerprint density at radius 1 is 1.20 bits per heavy atom. The molecule has 0 spiro atoms. The first kappa shape index (κ1) is 15.7. The molecule has 0 amide bonds. The predicted molar refractivity (Wildman–Crippen MR) is 83.4 cm³/mol. The van der Waals surface area contributed by atoms with E-state index in [1.54, 1.807) is 11.9 Å². The first-order valence-electron chi connectivity index (χ1n) is 7.11. The summed E-state index contributed by atoms with van der Waals surface area (Å²) in [5.74, 6) is -0.932. The summed E-state index contributed by atoms with van der Waals surface area (Å²) in [7, 11) is 1.80. The molecule has 0 heterocycles. The molecule has 0 N–H and O–H groups in total. The molecule has 0 aliphatic heterocycles. The molecule has 2 rings (SSSR count). The summed E-state index contributed by atoms with van der Waals surface area (Å²) >= 11 is 3.23. The second kappa shape index (κ2) is 6.00. The van der Waals surface area contributed by atoms with Gasteiger partial charge in [0, 0.05) is 18.4 Å². The van der Waals surface area contributed by atoms with Gasteiger partial charge in [0.2, 0.25) is 0 Å². The number of benzene rings is 1. The van der Waals surface area contributed by atoms with E-state index in [2.05, 4.69) is 29.8 Å². The van der Waals surface area contributed by atoms with Crippen LogP contribution >= 0.6 is 15.9 Å². The molecule has 1 aromatic rings. The van der Waals surface area contributed by atoms with Crippen molar-refractivity contribution < 1.29 is 8.78 Å². The van der Waals surface area contributed by atoms with Gasteiger partial charge in [0.1, 0.15) is 17.3 Å². The number of anilines is 1. The van der Waals surface area contributed by atoms with E-state index in [1.165, 1.54) is 12.1 Å². The van der Waals surface area contributed by atoms with E-state index < -0.39 is 11.6 Å². The molecule has 0 saturated heterocycles. The highest BCUT2D eigenvalue weighted by atomic mass is 79.9. The van der Waals surface area contributed by atoms with Crippen LogP contribution in [0.4, 0.5) is 14.5 Å². The van der Waals surface area contributed by atoms with Gasteiger partial charge in [-0.25, -0.2) is 8.78 Å². The van der Waals surface area contributed by atoms with E-state index >= 15 is 0 Å². The number of hydrogen-bond donors (Lipinski definition) is 0. The van der Waals surface area contributed by atoms with Crippen molar-refractivity contribution in [1.82, 2.24) is 0 Å². The first-order valence-corrected chi connectivity index (χ1v) is 8.23. The number of hydrogen-bond acceptors (Lipinski definition) is 1. The van der Waals surface area contributed by atoms with Gasteiger partial charge in [-0.3, -0.25) is 0 Å². The lowest BCUT2D eigenvalue weighted by atomic mass is 9.75. The highest BCUT2D eigenvalue weighted by Gasteiger charge is 2.30. The van der Waals surface area contributed by atoms with Crippen LogP contribution < -0.4 is 4.90 Å². The second-order valence-corrected chi connectivity index (χ2v) is 7.11. The van der Waals surface area contributed by atoms with Crippen molar-refractivity contribution in [2.75, 3.05) is 11.9 Å². The fourth-order valence-corrected chi connectivity index (χ4v) is 3.31. The maximum atomic E-state index is 14.2. The zero-order valence-corrected chi connectivity index (χ0v) is 13.9. The molecule has 0 bridgehead atoms. The molecule has 1 nitrogen and oxygen atoms in total. The van der Waals surface area contributed by atoms with Crippen molar-refractivity contribution in [2.24, 2.45) is 5.41 Å². The predicted octanol–water partition coefficient (Wildman–Crippen LogP) is 5.26. The minimum absolute atomic E-state index is 0.111. The zero-order chi connectivity index (χ0) is 14.9. The molecule has 4 heteroatoms. The summed E-state index contributed by atoms with van der Waals surface area (Å²) in [6.07, 6.45) is 4.18. The quantitative estimate of drug-likeness (QED) is 0.675. The van der Waals surface area contributed by atoms with Gasteiger partial charge in [-0.15, -0.1) is 0 Å². The second-order valence-electron chi connectivity index (χ2n) is 6.55. The van der Waals surface area contributed by atoms with Gasteiger partial charge in [-0.05, 0) is 48.8 Å². The number of alkyl halides is 1. The van der Waals surface area contributed by atoms with Gasteiger partial charge in [0.05, 0.1) is 0 Å². The number of rotatable bonds is 3. The molecule has 0 aromatic heterocycles. The van der Waals surface area contributed by atoms with Crippen LogP contribution in [0.25, 0.3) is 0 Å². The molecule has 1 aliphatic rings. The van der Waals surface area contributed by atoms with Crippen molar-refractivity contribution in [2.45, 2.75) is 50.9 Å². The maximum absolute atomic E-state index is 14.2.